The zero-order valence-electron chi connectivity index (χ0n) is 11.2. The minimum absolute atomic E-state index is 1.36. The molecule has 0 amide bonds. The highest BCUT2D eigenvalue weighted by Gasteiger charge is 1.39. The second-order valence-corrected chi connectivity index (χ2v) is 21.0. The quantitative estimate of drug-likeness (QED) is 0.403. The molecule has 0 aromatic rings. The van der Waals surface area contributed by atoms with Crippen molar-refractivity contribution in [3.63, 3.8) is 0 Å². The summed E-state index contributed by atoms with van der Waals surface area (Å²) in [6.07, 6.45) is 4.60. The molecule has 0 saturated heterocycles. The summed E-state index contributed by atoms with van der Waals surface area (Å²) in [5.41, 5.74) is 0. The lowest BCUT2D eigenvalue weighted by atomic mass is 10.7. The van der Waals surface area contributed by atoms with Crippen molar-refractivity contribution in [2.45, 2.75) is 20.8 Å². The number of hydrogen-bond donors (Lipinski definition) is 0. The van der Waals surface area contributed by atoms with E-state index < -0.39 is 0 Å². The molecule has 0 aromatic heterocycles. The summed E-state index contributed by atoms with van der Waals surface area (Å²) in [7, 11) is 18.1. The lowest BCUT2D eigenvalue weighted by Gasteiger charge is -1.40. The smallest absolute Gasteiger partial charge is 0 e. The van der Waals surface area contributed by atoms with Crippen LogP contribution >= 0.6 is 0 Å². The van der Waals surface area contributed by atoms with Crippen molar-refractivity contribution in [2.24, 2.45) is 0 Å². The molecule has 0 N–H and O–H groups in total. The van der Waals surface area contributed by atoms with Crippen LogP contribution < -0.4 is 0 Å². The van der Waals surface area contributed by atoms with Crippen LogP contribution in [-0.4, -0.2) is 0 Å². The molecule has 0 nitrogen and oxygen atoms in total. The van der Waals surface area contributed by atoms with Crippen molar-refractivity contribution < 1.29 is 0 Å². The van der Waals surface area contributed by atoms with Gasteiger partial charge in [-0.25, -0.2) is 0 Å². The van der Waals surface area contributed by atoms with Crippen LogP contribution in [0.25, 0.3) is 0 Å². The van der Waals surface area contributed by atoms with Gasteiger partial charge in [0.25, 0.3) is 0 Å². The van der Waals surface area contributed by atoms with Gasteiger partial charge in [0, 0.05) is 142 Å². The Morgan fingerprint density at radius 1 is 0.591 bits per heavy atom. The summed E-state index contributed by atoms with van der Waals surface area (Å²) in [4.78, 5) is 0. The molecule has 22 heavy (non-hydrogen) atoms. The van der Waals surface area contributed by atoms with E-state index in [9.17, 15) is 0 Å². The fourth-order valence-corrected chi connectivity index (χ4v) is 24.8. The van der Waals surface area contributed by atoms with Crippen molar-refractivity contribution >= 4 is 142 Å². The molecule has 0 rings (SSSR count). The molecule has 0 spiro atoms. The van der Waals surface area contributed by atoms with E-state index in [2.05, 4.69) is 46.6 Å². The van der Waals surface area contributed by atoms with Crippen LogP contribution in [0.2, 0.25) is 0 Å². The predicted molar refractivity (Wildman–Crippen MR) is 144 cm³/mol. The summed E-state index contributed by atoms with van der Waals surface area (Å²) in [5, 5.41) is 0. The molecule has 0 aromatic carbocycles. The largest absolute Gasteiger partial charge is 0.120 e. The molecular formula is C7H10S15. The molecule has 0 radical (unpaired) electrons. The zero-order chi connectivity index (χ0) is 17.9. The van der Waals surface area contributed by atoms with E-state index in [1.165, 1.54) is 17.8 Å². The van der Waals surface area contributed by atoms with Crippen molar-refractivity contribution in [3.05, 3.63) is 0 Å². The van der Waals surface area contributed by atoms with E-state index in [1.54, 1.807) is 86.8 Å². The van der Waals surface area contributed by atoms with Crippen LogP contribution in [0.5, 0.6) is 0 Å². The maximum atomic E-state index is 4.70. The fourth-order valence-electron chi connectivity index (χ4n) is 0.102. The Bertz CT molecular complexity index is 739. The van der Waals surface area contributed by atoms with Gasteiger partial charge in [-0.3, -0.25) is 0 Å². The van der Waals surface area contributed by atoms with Gasteiger partial charge in [0.05, 0.1) is 0 Å². The topological polar surface area (TPSA) is 0 Å². The van der Waals surface area contributed by atoms with E-state index in [0.717, 1.165) is 0 Å². The maximum absolute atomic E-state index is 4.70. The van der Waals surface area contributed by atoms with Gasteiger partial charge in [-0.2, -0.15) is 0 Å². The first kappa shape index (κ1) is 32.1. The fraction of sp³-hybridized carbons (Fsp3) is 0.429. The Hall–Kier alpha value is 2.42. The molecule has 0 atom stereocenters. The van der Waals surface area contributed by atoms with Crippen LogP contribution in [0, 0.1) is 24.2 Å². The average molecular weight is 575 g/mol. The van der Waals surface area contributed by atoms with E-state index in [0.29, 0.717) is 0 Å². The normalized spacial score (nSPS) is 5.36. The van der Waals surface area contributed by atoms with Crippen LogP contribution in [0.3, 0.4) is 0 Å². The second kappa shape index (κ2) is 43.7. The number of hydrogen-bond acceptors (Lipinski definition) is 4. The van der Waals surface area contributed by atoms with Crippen LogP contribution in [0.15, 0.2) is 0 Å². The Labute approximate surface area is 184 Å². The van der Waals surface area contributed by atoms with Gasteiger partial charge in [0.15, 0.2) is 0 Å². The summed E-state index contributed by atoms with van der Waals surface area (Å²) >= 11 is 16.7. The third-order valence-corrected chi connectivity index (χ3v) is 22.7. The molecule has 128 valence electrons. The third kappa shape index (κ3) is 57.1. The van der Waals surface area contributed by atoms with Crippen molar-refractivity contribution in [1.82, 2.24) is 0 Å². The summed E-state index contributed by atoms with van der Waals surface area (Å²) in [5.74, 6) is 7.61. The highest BCUT2D eigenvalue weighted by atomic mass is 33.5. The van der Waals surface area contributed by atoms with Crippen LogP contribution in [0.4, 0.5) is 0 Å². The highest BCUT2D eigenvalue weighted by Crippen LogP contribution is 1.39. The number of rotatable bonds is 0. The van der Waals surface area contributed by atoms with Gasteiger partial charge in [-0.05, 0) is 20.8 Å². The SMILES string of the molecule is C#CC.CC#CC.S=S.S=S=S=S=S=S=S=S=S=S=S=S=S. The highest BCUT2D eigenvalue weighted by molar-refractivity contribution is 8.75. The Kier molecular flexibility index (Phi) is 63.8. The summed E-state index contributed by atoms with van der Waals surface area (Å²) in [6.45, 7) is 5.29. The zero-order valence-corrected chi connectivity index (χ0v) is 23.4. The van der Waals surface area contributed by atoms with Gasteiger partial charge in [-0.1, -0.05) is 0 Å². The van der Waals surface area contributed by atoms with Gasteiger partial charge >= 0.3 is 0 Å². The van der Waals surface area contributed by atoms with Crippen LogP contribution in [-0.2, 0) is 142 Å². The van der Waals surface area contributed by atoms with Gasteiger partial charge in [0.1, 0.15) is 0 Å². The number of terminal acetylenes is 1. The lowest BCUT2D eigenvalue weighted by Crippen LogP contribution is -1.38. The minimum Gasteiger partial charge on any atom is -0.120 e. The predicted octanol–water partition coefficient (Wildman–Crippen LogP) is 1.63. The first-order valence-electron chi connectivity index (χ1n) is 4.21. The summed E-state index contributed by atoms with van der Waals surface area (Å²) in [6, 6.07) is 0. The van der Waals surface area contributed by atoms with Gasteiger partial charge in [-0.15, -0.1) is 24.2 Å². The average Bonchev–Trinajstić information content (AvgIpc) is 2.56. The van der Waals surface area contributed by atoms with Gasteiger partial charge in [0.2, 0.25) is 0 Å². The Morgan fingerprint density at radius 2 is 0.773 bits per heavy atom. The molecule has 0 aliphatic carbocycles. The summed E-state index contributed by atoms with van der Waals surface area (Å²) < 4.78 is 0. The molecule has 0 aliphatic rings. The molecule has 15 heteroatoms. The van der Waals surface area contributed by atoms with Crippen molar-refractivity contribution in [2.75, 3.05) is 0 Å². The van der Waals surface area contributed by atoms with E-state index in [4.69, 9.17) is 22.4 Å². The molecule has 0 fully saturated rings. The molecule has 0 bridgehead atoms. The van der Waals surface area contributed by atoms with E-state index in [-0.39, 0.29) is 0 Å². The van der Waals surface area contributed by atoms with Crippen LogP contribution in [0.1, 0.15) is 20.8 Å². The third-order valence-electron chi connectivity index (χ3n) is 0.528. The molecular weight excluding hydrogens is 565 g/mol. The minimum atomic E-state index is 1.36. The van der Waals surface area contributed by atoms with E-state index in [1.807, 2.05) is 13.8 Å². The first-order chi connectivity index (χ1) is 10.7. The van der Waals surface area contributed by atoms with Crippen molar-refractivity contribution in [1.29, 1.82) is 0 Å². The standard InChI is InChI=1S/C4H6.C3H4.S13.S2/c1-3-4-2;1-3-2;1-3-5-7-9-11-13-12-10-8-6-4-2;1-2/h1-2H3;1H,2H3;;. The molecule has 0 saturated carbocycles. The Balaban J connectivity index is -0.000000149. The van der Waals surface area contributed by atoms with Gasteiger partial charge < -0.3 is 0 Å². The molecule has 0 aliphatic heterocycles. The second-order valence-electron chi connectivity index (χ2n) is 1.54. The monoisotopic (exact) mass is 574 g/mol. The molecule has 0 unspecified atom stereocenters. The maximum Gasteiger partial charge on any atom is 0 e. The Morgan fingerprint density at radius 3 is 0.909 bits per heavy atom. The van der Waals surface area contributed by atoms with E-state index >= 15 is 0 Å². The molecule has 0 heterocycles. The van der Waals surface area contributed by atoms with Crippen molar-refractivity contribution in [3.8, 4) is 24.2 Å². The lowest BCUT2D eigenvalue weighted by molar-refractivity contribution is 1.83. The first-order valence-corrected chi connectivity index (χ1v) is 21.5.